The summed E-state index contributed by atoms with van der Waals surface area (Å²) in [5, 5.41) is 10.2. The first kappa shape index (κ1) is 18.9. The van der Waals surface area contributed by atoms with Crippen LogP contribution in [0.4, 0.5) is 0 Å². The van der Waals surface area contributed by atoms with Crippen LogP contribution in [0.1, 0.15) is 59.4 Å². The number of benzene rings is 2. The molecule has 0 atom stereocenters. The van der Waals surface area contributed by atoms with Crippen molar-refractivity contribution < 1.29 is 14.3 Å². The Labute approximate surface area is 175 Å². The van der Waals surface area contributed by atoms with Gasteiger partial charge in [-0.05, 0) is 35.9 Å². The van der Waals surface area contributed by atoms with Gasteiger partial charge in [-0.2, -0.15) is 5.26 Å². The number of ketones is 1. The average molecular weight is 400 g/mol. The van der Waals surface area contributed by atoms with E-state index < -0.39 is 0 Å². The molecule has 5 rings (SSSR count). The van der Waals surface area contributed by atoms with Crippen molar-refractivity contribution in [2.45, 2.75) is 38.2 Å². The molecule has 0 unspecified atom stereocenters. The minimum atomic E-state index is -0.381. The predicted molar refractivity (Wildman–Crippen MR) is 114 cm³/mol. The molecule has 2 aliphatic rings. The Morgan fingerprint density at radius 2 is 1.93 bits per heavy atom. The van der Waals surface area contributed by atoms with Gasteiger partial charge in [-0.3, -0.25) is 4.79 Å². The molecule has 0 saturated carbocycles. The van der Waals surface area contributed by atoms with Crippen molar-refractivity contribution in [3.8, 4) is 11.8 Å². The van der Waals surface area contributed by atoms with E-state index in [9.17, 15) is 10.1 Å². The summed E-state index contributed by atoms with van der Waals surface area (Å²) in [7, 11) is 1.98. The summed E-state index contributed by atoms with van der Waals surface area (Å²) in [5.74, 6) is 0.836. The number of hydrogen-bond donors (Lipinski definition) is 0. The summed E-state index contributed by atoms with van der Waals surface area (Å²) < 4.78 is 13.7. The van der Waals surface area contributed by atoms with E-state index in [0.29, 0.717) is 5.56 Å². The first-order chi connectivity index (χ1) is 14.4. The van der Waals surface area contributed by atoms with E-state index in [1.165, 1.54) is 0 Å². The van der Waals surface area contributed by atoms with Crippen molar-refractivity contribution in [2.75, 3.05) is 13.2 Å². The molecule has 1 aliphatic heterocycles. The van der Waals surface area contributed by atoms with Crippen LogP contribution < -0.4 is 4.74 Å². The van der Waals surface area contributed by atoms with Crippen molar-refractivity contribution >= 4 is 16.7 Å². The van der Waals surface area contributed by atoms with Crippen LogP contribution in [0.25, 0.3) is 10.9 Å². The minimum absolute atomic E-state index is 0.0345. The Bertz CT molecular complexity index is 1220. The third-order valence-corrected chi connectivity index (χ3v) is 6.53. The number of fused-ring (bicyclic) bond motifs is 4. The maximum atomic E-state index is 13.5. The number of aromatic nitrogens is 1. The molecule has 0 bridgehead atoms. The Morgan fingerprint density at radius 3 is 2.67 bits per heavy atom. The number of hydrogen-bond acceptors (Lipinski definition) is 4. The van der Waals surface area contributed by atoms with Crippen LogP contribution in [0.15, 0.2) is 36.4 Å². The molecule has 1 saturated heterocycles. The number of aryl methyl sites for hydroxylation is 1. The van der Waals surface area contributed by atoms with Crippen molar-refractivity contribution in [3.63, 3.8) is 0 Å². The molecule has 1 aliphatic carbocycles. The van der Waals surface area contributed by atoms with Gasteiger partial charge in [0.05, 0.1) is 35.9 Å². The van der Waals surface area contributed by atoms with Gasteiger partial charge in [0.25, 0.3) is 0 Å². The van der Waals surface area contributed by atoms with Gasteiger partial charge in [-0.1, -0.05) is 19.9 Å². The lowest BCUT2D eigenvalue weighted by molar-refractivity contribution is 0.0255. The fourth-order valence-corrected chi connectivity index (χ4v) is 5.03. The number of carbonyl (C=O) groups is 1. The highest BCUT2D eigenvalue weighted by molar-refractivity contribution is 6.20. The van der Waals surface area contributed by atoms with Gasteiger partial charge in [0.1, 0.15) is 11.9 Å². The average Bonchev–Trinajstić information content (AvgIpc) is 3.06. The van der Waals surface area contributed by atoms with Gasteiger partial charge in [0.15, 0.2) is 5.78 Å². The van der Waals surface area contributed by atoms with Gasteiger partial charge in [0, 0.05) is 41.9 Å². The van der Waals surface area contributed by atoms with E-state index in [-0.39, 0.29) is 17.3 Å². The van der Waals surface area contributed by atoms with Crippen LogP contribution in [-0.4, -0.2) is 29.7 Å². The van der Waals surface area contributed by atoms with E-state index in [1.54, 1.807) is 6.07 Å². The van der Waals surface area contributed by atoms with Crippen LogP contribution in [0.3, 0.4) is 0 Å². The van der Waals surface area contributed by atoms with Crippen molar-refractivity contribution in [2.24, 2.45) is 7.05 Å². The third-order valence-electron chi connectivity index (χ3n) is 6.53. The van der Waals surface area contributed by atoms with Crippen molar-refractivity contribution in [1.82, 2.24) is 4.57 Å². The lowest BCUT2D eigenvalue weighted by Crippen LogP contribution is -2.32. The van der Waals surface area contributed by atoms with Crippen molar-refractivity contribution in [1.29, 1.82) is 5.26 Å². The molecule has 2 aromatic carbocycles. The molecule has 1 fully saturated rings. The van der Waals surface area contributed by atoms with Gasteiger partial charge in [0.2, 0.25) is 0 Å². The molecule has 1 aromatic heterocycles. The zero-order valence-corrected chi connectivity index (χ0v) is 17.5. The van der Waals surface area contributed by atoms with Crippen LogP contribution in [-0.2, 0) is 17.2 Å². The molecule has 0 amide bonds. The van der Waals surface area contributed by atoms with E-state index in [4.69, 9.17) is 9.47 Å². The summed E-state index contributed by atoms with van der Waals surface area (Å²) in [5.41, 5.74) is 4.55. The minimum Gasteiger partial charge on any atom is -0.490 e. The van der Waals surface area contributed by atoms with Gasteiger partial charge < -0.3 is 14.0 Å². The zero-order valence-electron chi connectivity index (χ0n) is 17.5. The molecule has 30 heavy (non-hydrogen) atoms. The SMILES string of the molecule is Cn1c2c(c3ccc(C#N)cc31)C(=O)c1ccc(OC3CCOCC3)cc1C2(C)C. The maximum Gasteiger partial charge on any atom is 0.195 e. The van der Waals surface area contributed by atoms with Crippen LogP contribution in [0, 0.1) is 11.3 Å². The Hall–Kier alpha value is -3.10. The van der Waals surface area contributed by atoms with Gasteiger partial charge in [-0.15, -0.1) is 0 Å². The summed E-state index contributed by atoms with van der Waals surface area (Å²) in [6.07, 6.45) is 1.92. The molecular weight excluding hydrogens is 376 g/mol. The smallest absolute Gasteiger partial charge is 0.195 e. The highest BCUT2D eigenvalue weighted by atomic mass is 16.5. The highest BCUT2D eigenvalue weighted by Gasteiger charge is 2.41. The highest BCUT2D eigenvalue weighted by Crippen LogP contribution is 2.46. The monoisotopic (exact) mass is 400 g/mol. The largest absolute Gasteiger partial charge is 0.490 e. The Kier molecular flexibility index (Phi) is 4.23. The van der Waals surface area contributed by atoms with Crippen LogP contribution in [0.5, 0.6) is 5.75 Å². The summed E-state index contributed by atoms with van der Waals surface area (Å²) in [6, 6.07) is 13.6. The van der Waals surface area contributed by atoms with Gasteiger partial charge >= 0.3 is 0 Å². The van der Waals surface area contributed by atoms with Gasteiger partial charge in [-0.25, -0.2) is 0 Å². The fourth-order valence-electron chi connectivity index (χ4n) is 5.03. The van der Waals surface area contributed by atoms with E-state index >= 15 is 0 Å². The molecule has 5 heteroatoms. The zero-order chi connectivity index (χ0) is 21.0. The second-order valence-corrected chi connectivity index (χ2v) is 8.72. The first-order valence-electron chi connectivity index (χ1n) is 10.4. The topological polar surface area (TPSA) is 64.2 Å². The molecule has 152 valence electrons. The lowest BCUT2D eigenvalue weighted by Gasteiger charge is -2.34. The molecule has 0 radical (unpaired) electrons. The third kappa shape index (κ3) is 2.68. The number of ether oxygens (including phenoxy) is 2. The van der Waals surface area contributed by atoms with Crippen molar-refractivity contribution in [3.05, 3.63) is 64.3 Å². The second kappa shape index (κ2) is 6.72. The Balaban J connectivity index is 1.65. The number of carbonyl (C=O) groups excluding carboxylic acids is 1. The summed E-state index contributed by atoms with van der Waals surface area (Å²) >= 11 is 0. The second-order valence-electron chi connectivity index (χ2n) is 8.72. The number of nitrogens with zero attached hydrogens (tertiary/aromatic N) is 2. The normalized spacial score (nSPS) is 18.0. The summed E-state index contributed by atoms with van der Waals surface area (Å²) in [6.45, 7) is 5.76. The molecule has 2 heterocycles. The first-order valence-corrected chi connectivity index (χ1v) is 10.4. The van der Waals surface area contributed by atoms with Crippen LogP contribution >= 0.6 is 0 Å². The quantitative estimate of drug-likeness (QED) is 0.636. The molecule has 3 aromatic rings. The number of nitriles is 1. The van der Waals surface area contributed by atoms with E-state index in [1.807, 2.05) is 37.4 Å². The Morgan fingerprint density at radius 1 is 1.17 bits per heavy atom. The molecule has 0 spiro atoms. The predicted octanol–water partition coefficient (Wildman–Crippen LogP) is 4.48. The van der Waals surface area contributed by atoms with E-state index in [0.717, 1.165) is 65.1 Å². The summed E-state index contributed by atoms with van der Waals surface area (Å²) in [4.78, 5) is 13.5. The molecule has 5 nitrogen and oxygen atoms in total. The standard InChI is InChI=1S/C25H24N2O3/c1-25(2)20-13-17(30-16-8-10-29-11-9-16)5-7-18(20)23(28)22-19-6-4-15(14-26)12-21(19)27(3)24(22)25/h4-7,12-13,16H,8-11H2,1-3H3. The maximum absolute atomic E-state index is 13.5. The van der Waals surface area contributed by atoms with E-state index in [2.05, 4.69) is 24.5 Å². The molecule has 0 N–H and O–H groups in total. The molecular formula is C25H24N2O3. The fraction of sp³-hybridized carbons (Fsp3) is 0.360. The lowest BCUT2D eigenvalue weighted by atomic mass is 9.71. The number of rotatable bonds is 2. The van der Waals surface area contributed by atoms with Crippen LogP contribution in [0.2, 0.25) is 0 Å².